The number of aryl methyl sites for hydroxylation is 1. The Labute approximate surface area is 160 Å². The van der Waals surface area contributed by atoms with Crippen LogP contribution in [0.1, 0.15) is 30.8 Å². The zero-order valence-electron chi connectivity index (χ0n) is 16.1. The molecule has 0 aliphatic carbocycles. The molecule has 0 saturated carbocycles. The highest BCUT2D eigenvalue weighted by Gasteiger charge is 2.05. The van der Waals surface area contributed by atoms with Gasteiger partial charge in [0.05, 0.1) is 41.3 Å². The van der Waals surface area contributed by atoms with Gasteiger partial charge in [-0.2, -0.15) is 0 Å². The smallest absolute Gasteiger partial charge is 0.119 e. The molecule has 0 bridgehead atoms. The van der Waals surface area contributed by atoms with Crippen LogP contribution < -0.4 is 4.74 Å². The number of hydrogen-bond donors (Lipinski definition) is 0. The van der Waals surface area contributed by atoms with Crippen molar-refractivity contribution in [2.75, 3.05) is 7.11 Å². The highest BCUT2D eigenvalue weighted by Crippen LogP contribution is 2.19. The second-order valence-corrected chi connectivity index (χ2v) is 6.34. The standard InChI is InChI=1S/C23H23N3O/c1-16-8-10-19(11-9-16)24-17(2)22-6-5-7-23(26-22)18(3)25-20-12-14-21(27-4)15-13-20/h5-15H,1-4H3. The average molecular weight is 357 g/mol. The molecular weight excluding hydrogens is 334 g/mol. The lowest BCUT2D eigenvalue weighted by atomic mass is 10.2. The number of benzene rings is 2. The van der Waals surface area contributed by atoms with Crippen molar-refractivity contribution in [1.29, 1.82) is 0 Å². The lowest BCUT2D eigenvalue weighted by molar-refractivity contribution is 0.415. The largest absolute Gasteiger partial charge is 0.497 e. The molecule has 2 aromatic carbocycles. The molecule has 3 aromatic rings. The summed E-state index contributed by atoms with van der Waals surface area (Å²) in [6.45, 7) is 6.00. The van der Waals surface area contributed by atoms with Crippen LogP contribution >= 0.6 is 0 Å². The van der Waals surface area contributed by atoms with Crippen molar-refractivity contribution in [3.63, 3.8) is 0 Å². The number of nitrogens with zero attached hydrogens (tertiary/aromatic N) is 3. The summed E-state index contributed by atoms with van der Waals surface area (Å²) in [5, 5.41) is 0. The van der Waals surface area contributed by atoms with Gasteiger partial charge in [-0.3, -0.25) is 9.98 Å². The molecule has 1 heterocycles. The van der Waals surface area contributed by atoms with Crippen LogP contribution in [0.3, 0.4) is 0 Å². The van der Waals surface area contributed by atoms with Crippen LogP contribution in [0.4, 0.5) is 11.4 Å². The van der Waals surface area contributed by atoms with Gasteiger partial charge in [-0.25, -0.2) is 4.98 Å². The molecule has 0 amide bonds. The van der Waals surface area contributed by atoms with Crippen LogP contribution in [0.5, 0.6) is 5.75 Å². The van der Waals surface area contributed by atoms with E-state index in [1.54, 1.807) is 7.11 Å². The van der Waals surface area contributed by atoms with Crippen molar-refractivity contribution in [3.05, 3.63) is 83.7 Å². The highest BCUT2D eigenvalue weighted by molar-refractivity contribution is 6.02. The van der Waals surface area contributed by atoms with Gasteiger partial charge in [0.25, 0.3) is 0 Å². The Bertz CT molecular complexity index is 971. The van der Waals surface area contributed by atoms with Crippen LogP contribution in [0.15, 0.2) is 76.7 Å². The fourth-order valence-corrected chi connectivity index (χ4v) is 2.62. The average Bonchev–Trinajstić information content (AvgIpc) is 2.70. The molecule has 0 fully saturated rings. The molecule has 27 heavy (non-hydrogen) atoms. The molecule has 1 aromatic heterocycles. The minimum absolute atomic E-state index is 0.815. The monoisotopic (exact) mass is 357 g/mol. The first-order chi connectivity index (χ1) is 13.0. The molecule has 0 spiro atoms. The van der Waals surface area contributed by atoms with Gasteiger partial charge in [0.1, 0.15) is 5.75 Å². The van der Waals surface area contributed by atoms with Gasteiger partial charge in [-0.05, 0) is 69.3 Å². The van der Waals surface area contributed by atoms with E-state index in [9.17, 15) is 0 Å². The third-order valence-corrected chi connectivity index (χ3v) is 4.19. The zero-order chi connectivity index (χ0) is 19.2. The van der Waals surface area contributed by atoms with E-state index in [-0.39, 0.29) is 0 Å². The maximum atomic E-state index is 5.18. The SMILES string of the molecule is COc1ccc(N=C(C)c2cccc(C(C)=Nc3ccc(C)cc3)n2)cc1. The van der Waals surface area contributed by atoms with Gasteiger partial charge in [-0.1, -0.05) is 23.8 Å². The molecule has 0 unspecified atom stereocenters. The fourth-order valence-electron chi connectivity index (χ4n) is 2.62. The fraction of sp³-hybridized carbons (Fsp3) is 0.174. The van der Waals surface area contributed by atoms with Gasteiger partial charge in [0, 0.05) is 0 Å². The Kier molecular flexibility index (Phi) is 5.77. The van der Waals surface area contributed by atoms with Crippen LogP contribution in [-0.2, 0) is 0 Å². The molecule has 0 N–H and O–H groups in total. The lowest BCUT2D eigenvalue weighted by Gasteiger charge is -2.05. The van der Waals surface area contributed by atoms with E-state index < -0.39 is 0 Å². The zero-order valence-corrected chi connectivity index (χ0v) is 16.1. The van der Waals surface area contributed by atoms with Gasteiger partial charge in [-0.15, -0.1) is 0 Å². The van der Waals surface area contributed by atoms with E-state index >= 15 is 0 Å². The Morgan fingerprint density at radius 2 is 1.22 bits per heavy atom. The Balaban J connectivity index is 1.85. The third-order valence-electron chi connectivity index (χ3n) is 4.19. The molecule has 0 aliphatic heterocycles. The molecule has 136 valence electrons. The molecule has 0 aliphatic rings. The van der Waals surface area contributed by atoms with E-state index in [0.29, 0.717) is 0 Å². The summed E-state index contributed by atoms with van der Waals surface area (Å²) in [7, 11) is 1.65. The van der Waals surface area contributed by atoms with E-state index in [0.717, 1.165) is 39.9 Å². The first-order valence-corrected chi connectivity index (χ1v) is 8.84. The molecule has 0 atom stereocenters. The molecule has 4 nitrogen and oxygen atoms in total. The van der Waals surface area contributed by atoms with Crippen LogP contribution in [0.25, 0.3) is 0 Å². The number of ether oxygens (including phenoxy) is 1. The highest BCUT2D eigenvalue weighted by atomic mass is 16.5. The molecule has 0 saturated heterocycles. The minimum atomic E-state index is 0.815. The molecule has 4 heteroatoms. The summed E-state index contributed by atoms with van der Waals surface area (Å²) < 4.78 is 5.18. The minimum Gasteiger partial charge on any atom is -0.497 e. The first kappa shape index (κ1) is 18.5. The van der Waals surface area contributed by atoms with Gasteiger partial charge >= 0.3 is 0 Å². The van der Waals surface area contributed by atoms with Crippen LogP contribution in [-0.4, -0.2) is 23.5 Å². The Morgan fingerprint density at radius 1 is 0.741 bits per heavy atom. The normalized spacial score (nSPS) is 12.1. The van der Waals surface area contributed by atoms with E-state index in [1.807, 2.05) is 68.4 Å². The van der Waals surface area contributed by atoms with Gasteiger partial charge < -0.3 is 4.74 Å². The number of aromatic nitrogens is 1. The van der Waals surface area contributed by atoms with Gasteiger partial charge in [0.2, 0.25) is 0 Å². The van der Waals surface area contributed by atoms with Gasteiger partial charge in [0.15, 0.2) is 0 Å². The van der Waals surface area contributed by atoms with Crippen molar-refractivity contribution < 1.29 is 4.74 Å². The van der Waals surface area contributed by atoms with E-state index in [4.69, 9.17) is 9.72 Å². The number of hydrogen-bond acceptors (Lipinski definition) is 4. The summed E-state index contributed by atoms with van der Waals surface area (Å²) in [6.07, 6.45) is 0. The Morgan fingerprint density at radius 3 is 1.70 bits per heavy atom. The second-order valence-electron chi connectivity index (χ2n) is 6.34. The maximum Gasteiger partial charge on any atom is 0.119 e. The summed E-state index contributed by atoms with van der Waals surface area (Å²) in [6, 6.07) is 21.7. The first-order valence-electron chi connectivity index (χ1n) is 8.84. The lowest BCUT2D eigenvalue weighted by Crippen LogP contribution is -2.04. The van der Waals surface area contributed by atoms with Crippen molar-refractivity contribution in [2.45, 2.75) is 20.8 Å². The van der Waals surface area contributed by atoms with E-state index in [1.165, 1.54) is 5.56 Å². The number of aliphatic imine (C=N–C) groups is 2. The number of methoxy groups -OCH3 is 1. The van der Waals surface area contributed by atoms with Crippen LogP contribution in [0.2, 0.25) is 0 Å². The molecular formula is C23H23N3O. The quantitative estimate of drug-likeness (QED) is 0.552. The summed E-state index contributed by atoms with van der Waals surface area (Å²) in [4.78, 5) is 14.1. The van der Waals surface area contributed by atoms with Crippen molar-refractivity contribution in [1.82, 2.24) is 4.98 Å². The predicted molar refractivity (Wildman–Crippen MR) is 112 cm³/mol. The molecule has 0 radical (unpaired) electrons. The number of rotatable bonds is 5. The summed E-state index contributed by atoms with van der Waals surface area (Å²) in [5.41, 5.74) is 6.42. The maximum absolute atomic E-state index is 5.18. The second kappa shape index (κ2) is 8.41. The Hall–Kier alpha value is -3.27. The topological polar surface area (TPSA) is 46.8 Å². The van der Waals surface area contributed by atoms with Crippen molar-refractivity contribution >= 4 is 22.8 Å². The summed E-state index contributed by atoms with van der Waals surface area (Å²) in [5.74, 6) is 0.815. The van der Waals surface area contributed by atoms with Crippen LogP contribution in [0, 0.1) is 6.92 Å². The van der Waals surface area contributed by atoms with Crippen molar-refractivity contribution in [3.8, 4) is 5.75 Å². The third kappa shape index (κ3) is 4.88. The predicted octanol–water partition coefficient (Wildman–Crippen LogP) is 5.68. The van der Waals surface area contributed by atoms with Crippen molar-refractivity contribution in [2.24, 2.45) is 9.98 Å². The van der Waals surface area contributed by atoms with E-state index in [2.05, 4.69) is 29.0 Å². The summed E-state index contributed by atoms with van der Waals surface area (Å²) >= 11 is 0. The molecule has 3 rings (SSSR count). The number of pyridine rings is 1.